The van der Waals surface area contributed by atoms with Gasteiger partial charge in [-0.3, -0.25) is 0 Å². The third-order valence-corrected chi connectivity index (χ3v) is 2.01. The quantitative estimate of drug-likeness (QED) is 0.603. The van der Waals surface area contributed by atoms with Gasteiger partial charge in [0.1, 0.15) is 5.82 Å². The highest BCUT2D eigenvalue weighted by atomic mass is 16.3. The van der Waals surface area contributed by atoms with Gasteiger partial charge in [-0.2, -0.15) is 0 Å². The predicted molar refractivity (Wildman–Crippen MR) is 48.5 cm³/mol. The zero-order valence-electron chi connectivity index (χ0n) is 7.53. The molecule has 1 aromatic carbocycles. The van der Waals surface area contributed by atoms with E-state index in [1.165, 1.54) is 0 Å². The van der Waals surface area contributed by atoms with Crippen LogP contribution in [0, 0.1) is 13.8 Å². The molecule has 0 saturated heterocycles. The molecule has 13 heavy (non-hydrogen) atoms. The molecule has 0 aliphatic rings. The lowest BCUT2D eigenvalue weighted by Crippen LogP contribution is -2.00. The lowest BCUT2D eigenvalue weighted by Gasteiger charge is -2.10. The Balaban J connectivity index is 2.94. The molecule has 0 aliphatic heterocycles. The van der Waals surface area contributed by atoms with Crippen molar-refractivity contribution in [3.05, 3.63) is 29.6 Å². The molecule has 0 spiro atoms. The Labute approximate surface area is 76.1 Å². The van der Waals surface area contributed by atoms with Crippen LogP contribution in [0.1, 0.15) is 11.4 Å². The number of hydrogen-bond donors (Lipinski definition) is 0. The fourth-order valence-electron chi connectivity index (χ4n) is 1.37. The molecule has 2 aromatic rings. The number of aromatic nitrogens is 2. The summed E-state index contributed by atoms with van der Waals surface area (Å²) in [6.45, 7) is 3.67. The summed E-state index contributed by atoms with van der Waals surface area (Å²) in [4.78, 5) is 8.00. The number of aryl methyl sites for hydroxylation is 2. The van der Waals surface area contributed by atoms with Crippen LogP contribution in [0.3, 0.4) is 0 Å². The van der Waals surface area contributed by atoms with Crippen LogP contribution in [0.4, 0.5) is 0 Å². The summed E-state index contributed by atoms with van der Waals surface area (Å²) < 4.78 is 0. The molecule has 0 bridgehead atoms. The van der Waals surface area contributed by atoms with E-state index in [1.807, 2.05) is 19.1 Å². The molecule has 0 radical (unpaired) electrons. The first-order valence-corrected chi connectivity index (χ1v) is 4.09. The SMILES string of the molecule is Cc1nc([O-])c2cccc(C)c2n1. The van der Waals surface area contributed by atoms with Gasteiger partial charge in [-0.25, -0.2) is 9.97 Å². The van der Waals surface area contributed by atoms with Crippen molar-refractivity contribution >= 4 is 10.9 Å². The molecule has 66 valence electrons. The maximum absolute atomic E-state index is 11.4. The van der Waals surface area contributed by atoms with E-state index in [2.05, 4.69) is 9.97 Å². The summed E-state index contributed by atoms with van der Waals surface area (Å²) in [5.41, 5.74) is 1.78. The summed E-state index contributed by atoms with van der Waals surface area (Å²) in [6, 6.07) is 5.54. The summed E-state index contributed by atoms with van der Waals surface area (Å²) in [7, 11) is 0. The second-order valence-electron chi connectivity index (χ2n) is 3.05. The minimum absolute atomic E-state index is 0.189. The first kappa shape index (κ1) is 7.98. The van der Waals surface area contributed by atoms with Crippen LogP contribution in [-0.2, 0) is 0 Å². The van der Waals surface area contributed by atoms with Crippen LogP contribution in [0.15, 0.2) is 18.2 Å². The molecule has 3 nitrogen and oxygen atoms in total. The van der Waals surface area contributed by atoms with Crippen LogP contribution in [0.5, 0.6) is 5.88 Å². The van der Waals surface area contributed by atoms with E-state index >= 15 is 0 Å². The lowest BCUT2D eigenvalue weighted by molar-refractivity contribution is -0.272. The van der Waals surface area contributed by atoms with Gasteiger partial charge in [0.05, 0.1) is 5.52 Å². The second kappa shape index (κ2) is 2.69. The molecule has 2 rings (SSSR count). The normalized spacial score (nSPS) is 10.6. The van der Waals surface area contributed by atoms with Crippen molar-refractivity contribution in [2.24, 2.45) is 0 Å². The van der Waals surface area contributed by atoms with Gasteiger partial charge in [0.15, 0.2) is 0 Å². The predicted octanol–water partition coefficient (Wildman–Crippen LogP) is 1.32. The summed E-state index contributed by atoms with van der Waals surface area (Å²) in [5.74, 6) is 0.345. The van der Waals surface area contributed by atoms with Crippen molar-refractivity contribution in [3.63, 3.8) is 0 Å². The Morgan fingerprint density at radius 1 is 1.15 bits per heavy atom. The highest BCUT2D eigenvalue weighted by molar-refractivity contribution is 5.85. The lowest BCUT2D eigenvalue weighted by atomic mass is 10.1. The molecule has 0 saturated carbocycles. The Morgan fingerprint density at radius 2 is 1.92 bits per heavy atom. The number of para-hydroxylation sites is 1. The number of fused-ring (bicyclic) bond motifs is 1. The molecule has 0 fully saturated rings. The van der Waals surface area contributed by atoms with Gasteiger partial charge >= 0.3 is 0 Å². The van der Waals surface area contributed by atoms with Crippen molar-refractivity contribution in [2.75, 3.05) is 0 Å². The summed E-state index contributed by atoms with van der Waals surface area (Å²) in [5, 5.41) is 12.0. The number of rotatable bonds is 0. The van der Waals surface area contributed by atoms with Gasteiger partial charge in [-0.15, -0.1) is 0 Å². The van der Waals surface area contributed by atoms with Gasteiger partial charge < -0.3 is 5.11 Å². The largest absolute Gasteiger partial charge is 0.858 e. The van der Waals surface area contributed by atoms with E-state index in [9.17, 15) is 5.11 Å². The molecule has 1 aromatic heterocycles. The van der Waals surface area contributed by atoms with Gasteiger partial charge in [0.2, 0.25) is 0 Å². The molecule has 0 unspecified atom stereocenters. The number of benzene rings is 1. The fraction of sp³-hybridized carbons (Fsp3) is 0.200. The number of nitrogens with zero attached hydrogens (tertiary/aromatic N) is 2. The monoisotopic (exact) mass is 173 g/mol. The van der Waals surface area contributed by atoms with Crippen LogP contribution in [0.25, 0.3) is 10.9 Å². The van der Waals surface area contributed by atoms with Crippen LogP contribution < -0.4 is 5.11 Å². The molecule has 3 heteroatoms. The van der Waals surface area contributed by atoms with Crippen molar-refractivity contribution in [2.45, 2.75) is 13.8 Å². The van der Waals surface area contributed by atoms with Crippen molar-refractivity contribution in [3.8, 4) is 5.88 Å². The van der Waals surface area contributed by atoms with Gasteiger partial charge in [0.25, 0.3) is 0 Å². The molecule has 0 N–H and O–H groups in total. The fourth-order valence-corrected chi connectivity index (χ4v) is 1.37. The molecule has 0 amide bonds. The Kier molecular flexibility index (Phi) is 1.65. The highest BCUT2D eigenvalue weighted by Gasteiger charge is 2.00. The van der Waals surface area contributed by atoms with Gasteiger partial charge in [-0.05, 0) is 25.3 Å². The van der Waals surface area contributed by atoms with Gasteiger partial charge in [0, 0.05) is 5.39 Å². The van der Waals surface area contributed by atoms with Crippen LogP contribution in [0.2, 0.25) is 0 Å². The minimum Gasteiger partial charge on any atom is -0.858 e. The average Bonchev–Trinajstić information content (AvgIpc) is 2.07. The maximum Gasteiger partial charge on any atom is 0.125 e. The van der Waals surface area contributed by atoms with Crippen LogP contribution in [-0.4, -0.2) is 9.97 Å². The summed E-state index contributed by atoms with van der Waals surface area (Å²) >= 11 is 0. The molecular formula is C10H9N2O-. The van der Waals surface area contributed by atoms with Gasteiger partial charge in [-0.1, -0.05) is 18.2 Å². The van der Waals surface area contributed by atoms with E-state index in [-0.39, 0.29) is 5.88 Å². The van der Waals surface area contributed by atoms with E-state index in [4.69, 9.17) is 0 Å². The van der Waals surface area contributed by atoms with Crippen molar-refractivity contribution in [1.29, 1.82) is 0 Å². The minimum atomic E-state index is -0.189. The zero-order valence-corrected chi connectivity index (χ0v) is 7.53. The summed E-state index contributed by atoms with van der Waals surface area (Å²) in [6.07, 6.45) is 0. The topological polar surface area (TPSA) is 48.8 Å². The average molecular weight is 173 g/mol. The molecule has 0 atom stereocenters. The third kappa shape index (κ3) is 1.22. The number of hydrogen-bond acceptors (Lipinski definition) is 3. The Bertz CT molecular complexity index is 466. The Hall–Kier alpha value is -1.64. The molecule has 1 heterocycles. The third-order valence-electron chi connectivity index (χ3n) is 2.01. The zero-order chi connectivity index (χ0) is 9.42. The molecular weight excluding hydrogens is 164 g/mol. The second-order valence-corrected chi connectivity index (χ2v) is 3.05. The van der Waals surface area contributed by atoms with E-state index in [0.29, 0.717) is 11.2 Å². The highest BCUT2D eigenvalue weighted by Crippen LogP contribution is 2.21. The van der Waals surface area contributed by atoms with Crippen LogP contribution >= 0.6 is 0 Å². The van der Waals surface area contributed by atoms with E-state index < -0.39 is 0 Å². The Morgan fingerprint density at radius 3 is 2.69 bits per heavy atom. The van der Waals surface area contributed by atoms with E-state index in [0.717, 1.165) is 11.1 Å². The standard InChI is InChI=1S/C10H10N2O/c1-6-4-3-5-8-9(6)11-7(2)12-10(8)13/h3-5H,1-2H3,(H,11,12,13)/p-1. The maximum atomic E-state index is 11.4. The van der Waals surface area contributed by atoms with E-state index in [1.54, 1.807) is 13.0 Å². The van der Waals surface area contributed by atoms with Crippen molar-refractivity contribution < 1.29 is 5.11 Å². The first-order chi connectivity index (χ1) is 6.18. The molecule has 0 aliphatic carbocycles. The first-order valence-electron chi connectivity index (χ1n) is 4.09. The smallest absolute Gasteiger partial charge is 0.125 e. The van der Waals surface area contributed by atoms with Crippen molar-refractivity contribution in [1.82, 2.24) is 9.97 Å².